The van der Waals surface area contributed by atoms with E-state index in [-0.39, 0.29) is 0 Å². The molecule has 0 aliphatic carbocycles. The van der Waals surface area contributed by atoms with Crippen molar-refractivity contribution in [3.05, 3.63) is 34.6 Å². The first kappa shape index (κ1) is 10.3. The lowest BCUT2D eigenvalue weighted by atomic mass is 10.2. The zero-order valence-corrected chi connectivity index (χ0v) is 10.2. The Bertz CT molecular complexity index is 476. The monoisotopic (exact) mass is 313 g/mol. The molecule has 0 aliphatic rings. The van der Waals surface area contributed by atoms with Crippen molar-refractivity contribution in [2.75, 3.05) is 7.11 Å². The van der Waals surface area contributed by atoms with Gasteiger partial charge in [0, 0.05) is 12.4 Å². The lowest BCUT2D eigenvalue weighted by Gasteiger charge is -2.06. The van der Waals surface area contributed by atoms with Crippen LogP contribution in [-0.4, -0.2) is 22.1 Å². The normalized spacial score (nSPS) is 10.0. The molecular weight excluding hydrogens is 305 g/mol. The lowest BCUT2D eigenvalue weighted by Crippen LogP contribution is -1.92. The van der Waals surface area contributed by atoms with Crippen molar-refractivity contribution < 1.29 is 4.74 Å². The quantitative estimate of drug-likeness (QED) is 0.630. The smallest absolute Gasteiger partial charge is 0.131 e. The highest BCUT2D eigenvalue weighted by atomic mass is 127. The van der Waals surface area contributed by atoms with Crippen LogP contribution >= 0.6 is 22.6 Å². The van der Waals surface area contributed by atoms with E-state index in [1.807, 2.05) is 12.1 Å². The first-order valence-corrected chi connectivity index (χ1v) is 5.35. The average molecular weight is 313 g/mol. The molecule has 2 rings (SSSR count). The van der Waals surface area contributed by atoms with Crippen LogP contribution in [0, 0.1) is 3.70 Å². The van der Waals surface area contributed by atoms with Crippen LogP contribution in [0.4, 0.5) is 0 Å². The van der Waals surface area contributed by atoms with Gasteiger partial charge < -0.3 is 4.74 Å². The molecule has 0 saturated carbocycles. The van der Waals surface area contributed by atoms with Crippen molar-refractivity contribution >= 4 is 22.6 Å². The van der Waals surface area contributed by atoms with Gasteiger partial charge >= 0.3 is 0 Å². The molecule has 0 saturated heterocycles. The maximum atomic E-state index is 5.24. The number of aromatic nitrogens is 3. The van der Waals surface area contributed by atoms with Gasteiger partial charge in [-0.1, -0.05) is 0 Å². The maximum Gasteiger partial charge on any atom is 0.131 e. The van der Waals surface area contributed by atoms with Gasteiger partial charge in [-0.3, -0.25) is 4.98 Å². The molecular formula is C10H8IN3O. The van der Waals surface area contributed by atoms with Crippen molar-refractivity contribution in [1.29, 1.82) is 0 Å². The molecule has 5 heteroatoms. The van der Waals surface area contributed by atoms with E-state index < -0.39 is 0 Å². The Hall–Kier alpha value is -1.24. The molecule has 2 aromatic heterocycles. The lowest BCUT2D eigenvalue weighted by molar-refractivity contribution is 0.415. The van der Waals surface area contributed by atoms with Crippen LogP contribution in [0.1, 0.15) is 0 Å². The molecule has 0 unspecified atom stereocenters. The molecule has 15 heavy (non-hydrogen) atoms. The topological polar surface area (TPSA) is 47.9 Å². The number of pyridine rings is 1. The van der Waals surface area contributed by atoms with E-state index in [1.54, 1.807) is 19.5 Å². The maximum absolute atomic E-state index is 5.24. The fraction of sp³-hybridized carbons (Fsp3) is 0.100. The van der Waals surface area contributed by atoms with Crippen LogP contribution in [0.2, 0.25) is 0 Å². The second-order valence-electron chi connectivity index (χ2n) is 2.80. The Balaban J connectivity index is 2.53. The van der Waals surface area contributed by atoms with Crippen molar-refractivity contribution in [2.24, 2.45) is 0 Å². The molecule has 0 N–H and O–H groups in total. The van der Waals surface area contributed by atoms with Crippen molar-refractivity contribution in [2.45, 2.75) is 0 Å². The van der Waals surface area contributed by atoms with Gasteiger partial charge in [0.15, 0.2) is 0 Å². The highest BCUT2D eigenvalue weighted by molar-refractivity contribution is 14.1. The van der Waals surface area contributed by atoms with Crippen LogP contribution < -0.4 is 4.74 Å². The molecule has 0 aliphatic heterocycles. The summed E-state index contributed by atoms with van der Waals surface area (Å²) in [6.07, 6.45) is 4.95. The second kappa shape index (κ2) is 4.52. The fourth-order valence-electron chi connectivity index (χ4n) is 1.23. The Morgan fingerprint density at radius 1 is 1.33 bits per heavy atom. The summed E-state index contributed by atoms with van der Waals surface area (Å²) in [6, 6.07) is 3.70. The SMILES string of the molecule is COc1ccncc1-c1cc(I)ncn1. The summed E-state index contributed by atoms with van der Waals surface area (Å²) >= 11 is 2.14. The summed E-state index contributed by atoms with van der Waals surface area (Å²) in [7, 11) is 1.63. The summed E-state index contributed by atoms with van der Waals surface area (Å²) in [4.78, 5) is 12.3. The van der Waals surface area contributed by atoms with Crippen molar-refractivity contribution in [3.8, 4) is 17.0 Å². The summed E-state index contributed by atoms with van der Waals surface area (Å²) in [6.45, 7) is 0. The fourth-order valence-corrected chi connectivity index (χ4v) is 1.65. The van der Waals surface area contributed by atoms with E-state index in [9.17, 15) is 0 Å². The Morgan fingerprint density at radius 3 is 2.93 bits per heavy atom. The first-order chi connectivity index (χ1) is 7.31. The molecule has 0 spiro atoms. The largest absolute Gasteiger partial charge is 0.496 e. The van der Waals surface area contributed by atoms with E-state index in [2.05, 4.69) is 37.5 Å². The third kappa shape index (κ3) is 2.23. The van der Waals surface area contributed by atoms with Gasteiger partial charge in [-0.05, 0) is 34.7 Å². The zero-order valence-electron chi connectivity index (χ0n) is 8.01. The van der Waals surface area contributed by atoms with Crippen molar-refractivity contribution in [3.63, 3.8) is 0 Å². The predicted octanol–water partition coefficient (Wildman–Crippen LogP) is 2.15. The number of rotatable bonds is 2. The van der Waals surface area contributed by atoms with Gasteiger partial charge in [0.1, 0.15) is 15.8 Å². The Morgan fingerprint density at radius 2 is 2.20 bits per heavy atom. The molecule has 76 valence electrons. The van der Waals surface area contributed by atoms with Gasteiger partial charge in [0.25, 0.3) is 0 Å². The van der Waals surface area contributed by atoms with Gasteiger partial charge in [-0.15, -0.1) is 0 Å². The minimum absolute atomic E-state index is 0.763. The first-order valence-electron chi connectivity index (χ1n) is 4.27. The van der Waals surface area contributed by atoms with Gasteiger partial charge in [0.05, 0.1) is 18.4 Å². The molecule has 0 bridgehead atoms. The third-order valence-corrected chi connectivity index (χ3v) is 2.50. The molecule has 0 amide bonds. The van der Waals surface area contributed by atoms with Crippen LogP contribution in [0.15, 0.2) is 30.9 Å². The van der Waals surface area contributed by atoms with E-state index in [0.717, 1.165) is 20.7 Å². The molecule has 2 heterocycles. The van der Waals surface area contributed by atoms with E-state index in [1.165, 1.54) is 6.33 Å². The van der Waals surface area contributed by atoms with Crippen LogP contribution in [0.25, 0.3) is 11.3 Å². The summed E-state index contributed by atoms with van der Waals surface area (Å²) < 4.78 is 6.13. The molecule has 0 radical (unpaired) electrons. The van der Waals surface area contributed by atoms with E-state index >= 15 is 0 Å². The standard InChI is InChI=1S/C10H8IN3O/c1-15-9-2-3-12-5-7(9)8-4-10(11)14-6-13-8/h2-6H,1H3. The molecule has 0 aromatic carbocycles. The number of halogens is 1. The molecule has 2 aromatic rings. The van der Waals surface area contributed by atoms with Crippen LogP contribution in [-0.2, 0) is 0 Å². The van der Waals surface area contributed by atoms with E-state index in [4.69, 9.17) is 4.74 Å². The number of nitrogens with zero attached hydrogens (tertiary/aromatic N) is 3. The van der Waals surface area contributed by atoms with Gasteiger partial charge in [0.2, 0.25) is 0 Å². The summed E-state index contributed by atoms with van der Waals surface area (Å²) in [5.41, 5.74) is 1.69. The van der Waals surface area contributed by atoms with Gasteiger partial charge in [-0.25, -0.2) is 9.97 Å². The van der Waals surface area contributed by atoms with Crippen molar-refractivity contribution in [1.82, 2.24) is 15.0 Å². The number of methoxy groups -OCH3 is 1. The zero-order chi connectivity index (χ0) is 10.7. The Kier molecular flexibility index (Phi) is 3.10. The third-order valence-electron chi connectivity index (χ3n) is 1.91. The summed E-state index contributed by atoms with van der Waals surface area (Å²) in [5, 5.41) is 0. The minimum Gasteiger partial charge on any atom is -0.496 e. The highest BCUT2D eigenvalue weighted by Gasteiger charge is 2.06. The number of hydrogen-bond acceptors (Lipinski definition) is 4. The number of hydrogen-bond donors (Lipinski definition) is 0. The number of ether oxygens (including phenoxy) is 1. The van der Waals surface area contributed by atoms with Crippen LogP contribution in [0.3, 0.4) is 0 Å². The van der Waals surface area contributed by atoms with Crippen LogP contribution in [0.5, 0.6) is 5.75 Å². The minimum atomic E-state index is 0.763. The predicted molar refractivity (Wildman–Crippen MR) is 64.5 cm³/mol. The molecule has 0 fully saturated rings. The highest BCUT2D eigenvalue weighted by Crippen LogP contribution is 2.26. The van der Waals surface area contributed by atoms with E-state index in [0.29, 0.717) is 0 Å². The average Bonchev–Trinajstić information content (AvgIpc) is 2.29. The Labute approximate surface area is 101 Å². The second-order valence-corrected chi connectivity index (χ2v) is 3.91. The summed E-state index contributed by atoms with van der Waals surface area (Å²) in [5.74, 6) is 0.763. The molecule has 4 nitrogen and oxygen atoms in total. The molecule has 0 atom stereocenters. The van der Waals surface area contributed by atoms with Gasteiger partial charge in [-0.2, -0.15) is 0 Å².